The topological polar surface area (TPSA) is 127 Å². The lowest BCUT2D eigenvalue weighted by Gasteiger charge is -2.09. The van der Waals surface area contributed by atoms with Crippen LogP contribution in [0.2, 0.25) is 0 Å². The average molecular weight is 403 g/mol. The van der Waals surface area contributed by atoms with Gasteiger partial charge < -0.3 is 15.5 Å². The first-order valence-electron chi connectivity index (χ1n) is 7.94. The molecule has 0 spiro atoms. The van der Waals surface area contributed by atoms with Gasteiger partial charge in [-0.2, -0.15) is 0 Å². The minimum absolute atomic E-state index is 0.266. The normalized spacial score (nSPS) is 12.4. The summed E-state index contributed by atoms with van der Waals surface area (Å²) in [5.41, 5.74) is 5.58. The van der Waals surface area contributed by atoms with Gasteiger partial charge in [-0.05, 0) is 49.6 Å². The number of carbonyl (C=O) groups excluding carboxylic acids is 2. The van der Waals surface area contributed by atoms with Gasteiger partial charge in [0.15, 0.2) is 0 Å². The maximum atomic E-state index is 12.3. The number of nitrogens with two attached hydrogens (primary N) is 1. The van der Waals surface area contributed by atoms with E-state index in [1.165, 1.54) is 23.1 Å². The number of aromatic amines is 1. The van der Waals surface area contributed by atoms with Crippen molar-refractivity contribution in [1.29, 1.82) is 0 Å². The van der Waals surface area contributed by atoms with Crippen molar-refractivity contribution in [1.82, 2.24) is 15.2 Å². The average Bonchev–Trinajstić information content (AvgIpc) is 3.34. The predicted molar refractivity (Wildman–Crippen MR) is 106 cm³/mol. The zero-order valence-corrected chi connectivity index (χ0v) is 16.2. The van der Waals surface area contributed by atoms with Gasteiger partial charge in [-0.3, -0.25) is 14.7 Å². The summed E-state index contributed by atoms with van der Waals surface area (Å²) < 4.78 is 5.45. The Morgan fingerprint density at radius 3 is 2.89 bits per heavy atom. The zero-order valence-electron chi connectivity index (χ0n) is 14.6. The molecule has 3 aromatic heterocycles. The Balaban J connectivity index is 1.59. The highest BCUT2D eigenvalue weighted by molar-refractivity contribution is 8.00. The Hall–Kier alpha value is -2.85. The van der Waals surface area contributed by atoms with Gasteiger partial charge in [-0.1, -0.05) is 11.8 Å². The maximum Gasteiger partial charge on any atom is 0.251 e. The molecule has 4 N–H and O–H groups in total. The largest absolute Gasteiger partial charge is 0.462 e. The van der Waals surface area contributed by atoms with Crippen molar-refractivity contribution in [2.24, 2.45) is 5.73 Å². The van der Waals surface area contributed by atoms with Crippen LogP contribution < -0.4 is 11.1 Å². The molecule has 1 atom stereocenters. The van der Waals surface area contributed by atoms with Crippen LogP contribution in [-0.4, -0.2) is 32.2 Å². The summed E-state index contributed by atoms with van der Waals surface area (Å²) in [6, 6.07) is 5.31. The summed E-state index contributed by atoms with van der Waals surface area (Å²) in [4.78, 5) is 28.0. The van der Waals surface area contributed by atoms with Crippen LogP contribution in [-0.2, 0) is 4.79 Å². The van der Waals surface area contributed by atoms with Crippen LogP contribution >= 0.6 is 23.1 Å². The van der Waals surface area contributed by atoms with E-state index in [1.807, 2.05) is 19.1 Å². The van der Waals surface area contributed by atoms with E-state index in [0.29, 0.717) is 27.3 Å². The van der Waals surface area contributed by atoms with Gasteiger partial charge in [0.2, 0.25) is 11.1 Å². The quantitative estimate of drug-likeness (QED) is 0.520. The smallest absolute Gasteiger partial charge is 0.251 e. The Morgan fingerprint density at radius 1 is 1.37 bits per heavy atom. The van der Waals surface area contributed by atoms with Gasteiger partial charge in [0.1, 0.15) is 22.3 Å². The number of hydrogen-bond acceptors (Lipinski definition) is 7. The second kappa shape index (κ2) is 8.23. The van der Waals surface area contributed by atoms with Crippen molar-refractivity contribution in [3.63, 3.8) is 0 Å². The molecule has 1 unspecified atom stereocenters. The molecular formula is C17H17N5O3S2. The molecule has 0 saturated heterocycles. The highest BCUT2D eigenvalue weighted by Gasteiger charge is 2.19. The number of rotatable bonds is 7. The zero-order chi connectivity index (χ0) is 19.4. The van der Waals surface area contributed by atoms with Gasteiger partial charge in [0.25, 0.3) is 5.91 Å². The fourth-order valence-electron chi connectivity index (χ4n) is 2.11. The van der Waals surface area contributed by atoms with E-state index in [0.717, 1.165) is 5.76 Å². The van der Waals surface area contributed by atoms with Gasteiger partial charge >= 0.3 is 0 Å². The number of aryl methyl sites for hydroxylation is 1. The van der Waals surface area contributed by atoms with Crippen molar-refractivity contribution < 1.29 is 14.0 Å². The molecule has 140 valence electrons. The molecule has 0 aromatic carbocycles. The van der Waals surface area contributed by atoms with Crippen molar-refractivity contribution in [2.75, 3.05) is 5.32 Å². The first-order chi connectivity index (χ1) is 12.9. The minimum Gasteiger partial charge on any atom is -0.462 e. The van der Waals surface area contributed by atoms with Gasteiger partial charge in [-0.25, -0.2) is 4.98 Å². The summed E-state index contributed by atoms with van der Waals surface area (Å²) in [7, 11) is 0. The number of anilines is 1. The number of thiophene rings is 1. The molecule has 27 heavy (non-hydrogen) atoms. The number of thioether (sulfide) groups is 1. The van der Waals surface area contributed by atoms with Crippen LogP contribution in [0.3, 0.4) is 0 Å². The highest BCUT2D eigenvalue weighted by Crippen LogP contribution is 2.25. The number of primary amides is 1. The number of nitrogens with one attached hydrogen (secondary N) is 2. The van der Waals surface area contributed by atoms with Crippen LogP contribution in [0.15, 0.2) is 33.2 Å². The van der Waals surface area contributed by atoms with Crippen LogP contribution in [0.1, 0.15) is 34.6 Å². The lowest BCUT2D eigenvalue weighted by molar-refractivity contribution is -0.115. The summed E-state index contributed by atoms with van der Waals surface area (Å²) in [5.74, 6) is 1.25. The van der Waals surface area contributed by atoms with E-state index in [4.69, 9.17) is 10.2 Å². The number of hydrogen-bond donors (Lipinski definition) is 3. The lowest BCUT2D eigenvalue weighted by Crippen LogP contribution is -2.23. The van der Waals surface area contributed by atoms with Crippen LogP contribution in [0.5, 0.6) is 0 Å². The SMILES string of the molecule is Cc1ccc(/C=C/c2nc(SC(C)C(=O)Nc3sccc3C(N)=O)n[nH]2)o1. The summed E-state index contributed by atoms with van der Waals surface area (Å²) in [5, 5.41) is 11.7. The molecule has 10 heteroatoms. The van der Waals surface area contributed by atoms with Crippen LogP contribution in [0.4, 0.5) is 5.00 Å². The first kappa shape index (κ1) is 18.9. The van der Waals surface area contributed by atoms with Crippen molar-refractivity contribution in [2.45, 2.75) is 24.3 Å². The second-order valence-corrected chi connectivity index (χ2v) is 7.79. The van der Waals surface area contributed by atoms with Crippen molar-refractivity contribution in [3.8, 4) is 0 Å². The molecule has 0 aliphatic heterocycles. The molecule has 2 amide bonds. The first-order valence-corrected chi connectivity index (χ1v) is 9.70. The molecule has 3 rings (SSSR count). The maximum absolute atomic E-state index is 12.3. The van der Waals surface area contributed by atoms with E-state index in [9.17, 15) is 9.59 Å². The van der Waals surface area contributed by atoms with E-state index < -0.39 is 11.2 Å². The summed E-state index contributed by atoms with van der Waals surface area (Å²) >= 11 is 2.44. The number of nitrogens with zero attached hydrogens (tertiary/aromatic N) is 2. The molecule has 3 heterocycles. The number of aromatic nitrogens is 3. The number of amides is 2. The second-order valence-electron chi connectivity index (χ2n) is 5.56. The molecule has 0 radical (unpaired) electrons. The molecule has 0 saturated carbocycles. The van der Waals surface area contributed by atoms with E-state index in [2.05, 4.69) is 20.5 Å². The predicted octanol–water partition coefficient (Wildman–Crippen LogP) is 3.16. The van der Waals surface area contributed by atoms with Gasteiger partial charge in [0, 0.05) is 0 Å². The molecular weight excluding hydrogens is 386 g/mol. The number of furan rings is 1. The van der Waals surface area contributed by atoms with Crippen LogP contribution in [0.25, 0.3) is 12.2 Å². The van der Waals surface area contributed by atoms with Gasteiger partial charge in [-0.15, -0.1) is 16.4 Å². The minimum atomic E-state index is -0.580. The molecule has 0 fully saturated rings. The van der Waals surface area contributed by atoms with E-state index >= 15 is 0 Å². The molecule has 0 aliphatic rings. The van der Waals surface area contributed by atoms with Crippen LogP contribution in [0, 0.1) is 6.92 Å². The van der Waals surface area contributed by atoms with E-state index in [-0.39, 0.29) is 5.91 Å². The lowest BCUT2D eigenvalue weighted by atomic mass is 10.3. The Morgan fingerprint density at radius 2 is 2.19 bits per heavy atom. The van der Waals surface area contributed by atoms with Gasteiger partial charge in [0.05, 0.1) is 10.8 Å². The monoisotopic (exact) mass is 403 g/mol. The molecule has 8 nitrogen and oxygen atoms in total. The molecule has 3 aromatic rings. The van der Waals surface area contributed by atoms with E-state index in [1.54, 1.807) is 30.5 Å². The Kier molecular flexibility index (Phi) is 5.77. The Bertz CT molecular complexity index is 988. The Labute approximate surface area is 163 Å². The summed E-state index contributed by atoms with van der Waals surface area (Å²) in [6.45, 7) is 3.60. The van der Waals surface area contributed by atoms with Crippen molar-refractivity contribution >= 4 is 52.1 Å². The van der Waals surface area contributed by atoms with Crippen molar-refractivity contribution in [3.05, 3.63) is 46.5 Å². The highest BCUT2D eigenvalue weighted by atomic mass is 32.2. The third-order valence-corrected chi connectivity index (χ3v) is 5.26. The number of carbonyl (C=O) groups is 2. The fraction of sp³-hybridized carbons (Fsp3) is 0.176. The third kappa shape index (κ3) is 4.86. The number of H-pyrrole nitrogens is 1. The standard InChI is InChI=1S/C17H17N5O3S2/c1-9-3-4-11(25-9)5-6-13-19-17(22-21-13)27-10(2)15(24)20-16-12(14(18)23)7-8-26-16/h3-8,10H,1-2H3,(H2,18,23)(H,20,24)(H,19,21,22)/b6-5+. The third-order valence-electron chi connectivity index (χ3n) is 3.47. The summed E-state index contributed by atoms with van der Waals surface area (Å²) in [6.07, 6.45) is 3.52. The fourth-order valence-corrected chi connectivity index (χ4v) is 3.64. The molecule has 0 bridgehead atoms. The molecule has 0 aliphatic carbocycles.